The maximum Gasteiger partial charge on any atom is 0.220 e. The van der Waals surface area contributed by atoms with E-state index in [9.17, 15) is 30.3 Å². The zero-order valence-electron chi connectivity index (χ0n) is 46.0. The van der Waals surface area contributed by atoms with E-state index in [-0.39, 0.29) is 12.5 Å². The molecule has 1 fully saturated rings. The molecule has 70 heavy (non-hydrogen) atoms. The first kappa shape index (κ1) is 66.7. The molecule has 0 radical (unpaired) electrons. The van der Waals surface area contributed by atoms with E-state index in [0.29, 0.717) is 6.42 Å². The molecule has 0 spiro atoms. The third kappa shape index (κ3) is 40.1. The number of rotatable bonds is 53. The van der Waals surface area contributed by atoms with Gasteiger partial charge in [-0.25, -0.2) is 0 Å². The number of nitrogens with one attached hydrogen (secondary N) is 1. The summed E-state index contributed by atoms with van der Waals surface area (Å²) in [7, 11) is 0. The van der Waals surface area contributed by atoms with Crippen LogP contribution in [0.5, 0.6) is 0 Å². The molecule has 0 saturated carbocycles. The lowest BCUT2D eigenvalue weighted by Gasteiger charge is -2.40. The molecule has 0 aromatic heterocycles. The Bertz CT molecular complexity index is 1150. The Balaban J connectivity index is 2.16. The minimum Gasteiger partial charge on any atom is -0.394 e. The molecule has 0 bridgehead atoms. The van der Waals surface area contributed by atoms with Crippen LogP contribution in [0.3, 0.4) is 0 Å². The van der Waals surface area contributed by atoms with Crippen molar-refractivity contribution in [3.05, 3.63) is 24.3 Å². The van der Waals surface area contributed by atoms with E-state index in [2.05, 4.69) is 31.3 Å². The number of hydrogen-bond acceptors (Lipinski definition) is 8. The smallest absolute Gasteiger partial charge is 0.220 e. The number of carbonyl (C=O) groups is 1. The van der Waals surface area contributed by atoms with E-state index in [1.54, 1.807) is 6.08 Å². The largest absolute Gasteiger partial charge is 0.394 e. The minimum atomic E-state index is -1.56. The lowest BCUT2D eigenvalue weighted by molar-refractivity contribution is -0.302. The molecule has 7 unspecified atom stereocenters. The molecule has 6 N–H and O–H groups in total. The summed E-state index contributed by atoms with van der Waals surface area (Å²) >= 11 is 0. The van der Waals surface area contributed by atoms with Crippen molar-refractivity contribution in [3.63, 3.8) is 0 Å². The first-order chi connectivity index (χ1) is 34.3. The summed E-state index contributed by atoms with van der Waals surface area (Å²) in [5.41, 5.74) is 0. The molecule has 0 aromatic rings. The van der Waals surface area contributed by atoms with E-state index in [4.69, 9.17) is 9.47 Å². The van der Waals surface area contributed by atoms with Gasteiger partial charge in [-0.15, -0.1) is 0 Å². The predicted octanol–water partition coefficient (Wildman–Crippen LogP) is 15.4. The summed E-state index contributed by atoms with van der Waals surface area (Å²) < 4.78 is 11.3. The van der Waals surface area contributed by atoms with Gasteiger partial charge in [-0.3, -0.25) is 4.79 Å². The second kappa shape index (κ2) is 51.2. The normalized spacial score (nSPS) is 19.4. The van der Waals surface area contributed by atoms with Crippen LogP contribution < -0.4 is 5.32 Å². The van der Waals surface area contributed by atoms with Gasteiger partial charge >= 0.3 is 0 Å². The third-order valence-electron chi connectivity index (χ3n) is 14.8. The molecule has 414 valence electrons. The Kier molecular flexibility index (Phi) is 48.7. The molecular formula is C61H117NO8. The van der Waals surface area contributed by atoms with Crippen molar-refractivity contribution in [1.82, 2.24) is 5.32 Å². The summed E-state index contributed by atoms with van der Waals surface area (Å²) in [6, 6.07) is -0.802. The number of ether oxygens (including phenoxy) is 2. The summed E-state index contributed by atoms with van der Waals surface area (Å²) in [4.78, 5) is 13.1. The summed E-state index contributed by atoms with van der Waals surface area (Å²) in [5.74, 6) is -0.171. The van der Waals surface area contributed by atoms with Gasteiger partial charge in [0, 0.05) is 6.42 Å². The first-order valence-electron chi connectivity index (χ1n) is 30.6. The second-order valence-corrected chi connectivity index (χ2v) is 21.5. The van der Waals surface area contributed by atoms with Crippen LogP contribution in [0.4, 0.5) is 0 Å². The number of carbonyl (C=O) groups excluding carboxylic acids is 1. The van der Waals surface area contributed by atoms with Gasteiger partial charge in [0.05, 0.1) is 25.4 Å². The molecule has 1 amide bonds. The molecule has 1 saturated heterocycles. The number of amides is 1. The maximum absolute atomic E-state index is 13.1. The van der Waals surface area contributed by atoms with Gasteiger partial charge < -0.3 is 40.3 Å². The van der Waals surface area contributed by atoms with Crippen molar-refractivity contribution in [1.29, 1.82) is 0 Å². The van der Waals surface area contributed by atoms with E-state index >= 15 is 0 Å². The summed E-state index contributed by atoms with van der Waals surface area (Å²) in [6.07, 6.45) is 58.3. The van der Waals surface area contributed by atoms with Crippen molar-refractivity contribution in [2.24, 2.45) is 0 Å². The van der Waals surface area contributed by atoms with Gasteiger partial charge in [-0.1, -0.05) is 276 Å². The van der Waals surface area contributed by atoms with Crippen LogP contribution in [-0.2, 0) is 14.3 Å². The summed E-state index contributed by atoms with van der Waals surface area (Å²) in [6.45, 7) is 3.82. The van der Waals surface area contributed by atoms with Gasteiger partial charge in [-0.05, 0) is 44.9 Å². The quantitative estimate of drug-likeness (QED) is 0.0261. The fourth-order valence-electron chi connectivity index (χ4n) is 9.92. The van der Waals surface area contributed by atoms with Crippen molar-refractivity contribution >= 4 is 5.91 Å². The van der Waals surface area contributed by atoms with Crippen LogP contribution in [0.2, 0.25) is 0 Å². The van der Waals surface area contributed by atoms with Gasteiger partial charge in [-0.2, -0.15) is 0 Å². The van der Waals surface area contributed by atoms with Crippen LogP contribution in [0.25, 0.3) is 0 Å². The second-order valence-electron chi connectivity index (χ2n) is 21.5. The summed E-state index contributed by atoms with van der Waals surface area (Å²) in [5, 5.41) is 54.6. The molecule has 1 aliphatic rings. The van der Waals surface area contributed by atoms with E-state index < -0.39 is 49.5 Å². The average Bonchev–Trinajstić information content (AvgIpc) is 3.36. The molecule has 1 aliphatic heterocycles. The van der Waals surface area contributed by atoms with Crippen molar-refractivity contribution in [3.8, 4) is 0 Å². The minimum absolute atomic E-state index is 0.171. The van der Waals surface area contributed by atoms with Gasteiger partial charge in [0.15, 0.2) is 6.29 Å². The highest BCUT2D eigenvalue weighted by Crippen LogP contribution is 2.23. The standard InChI is InChI=1S/C61H117NO8/c1-3-5-7-9-11-13-15-17-19-21-23-24-25-26-27-28-29-30-31-32-33-35-37-39-41-43-45-47-49-51-57(65)62-54(53-69-61-60(68)59(67)58(66)56(52-63)70-61)55(64)50-48-46-44-42-40-38-36-34-22-20-18-16-14-12-10-8-6-4-2/h21,23,48,50,54-56,58-61,63-64,66-68H,3-20,22,24-47,49,51-53H2,1-2H3,(H,62,65)/b23-21-,50-48+. The Morgan fingerprint density at radius 1 is 0.471 bits per heavy atom. The van der Waals surface area contributed by atoms with Gasteiger partial charge in [0.25, 0.3) is 0 Å². The molecule has 9 nitrogen and oxygen atoms in total. The number of aliphatic hydroxyl groups is 5. The van der Waals surface area contributed by atoms with Gasteiger partial charge in [0.1, 0.15) is 24.4 Å². The van der Waals surface area contributed by atoms with Crippen LogP contribution in [-0.4, -0.2) is 87.5 Å². The highest BCUT2D eigenvalue weighted by atomic mass is 16.7. The molecule has 0 aromatic carbocycles. The number of allylic oxidation sites excluding steroid dienone is 3. The van der Waals surface area contributed by atoms with E-state index in [1.165, 1.54) is 244 Å². The lowest BCUT2D eigenvalue weighted by Crippen LogP contribution is -2.60. The van der Waals surface area contributed by atoms with Crippen molar-refractivity contribution in [2.75, 3.05) is 13.2 Å². The number of hydrogen-bond donors (Lipinski definition) is 6. The number of aliphatic hydroxyl groups excluding tert-OH is 5. The molecule has 1 heterocycles. The highest BCUT2D eigenvalue weighted by Gasteiger charge is 2.44. The predicted molar refractivity (Wildman–Crippen MR) is 295 cm³/mol. The van der Waals surface area contributed by atoms with Crippen LogP contribution in [0, 0.1) is 0 Å². The van der Waals surface area contributed by atoms with Crippen molar-refractivity contribution < 1.29 is 39.8 Å². The van der Waals surface area contributed by atoms with Crippen molar-refractivity contribution in [2.45, 2.75) is 346 Å². The Labute approximate surface area is 432 Å². The third-order valence-corrected chi connectivity index (χ3v) is 14.8. The zero-order chi connectivity index (χ0) is 50.8. The Hall–Kier alpha value is -1.33. The average molecular weight is 993 g/mol. The first-order valence-corrected chi connectivity index (χ1v) is 30.6. The van der Waals surface area contributed by atoms with E-state index in [0.717, 1.165) is 38.5 Å². The fraction of sp³-hybridized carbons (Fsp3) is 0.918. The molecule has 9 heteroatoms. The maximum atomic E-state index is 13.1. The Morgan fingerprint density at radius 3 is 1.16 bits per heavy atom. The van der Waals surface area contributed by atoms with Crippen LogP contribution in [0.15, 0.2) is 24.3 Å². The monoisotopic (exact) mass is 992 g/mol. The molecule has 7 atom stereocenters. The van der Waals surface area contributed by atoms with Gasteiger partial charge in [0.2, 0.25) is 5.91 Å². The SMILES string of the molecule is CCCCCCCCCC/C=C\CCCCCCCCCCCCCCCCCCCC(=O)NC(COC1OC(CO)C(O)C(O)C1O)C(O)/C=C/CCCCCCCCCCCCCCCCCC. The topological polar surface area (TPSA) is 149 Å². The van der Waals surface area contributed by atoms with E-state index in [1.807, 2.05) is 6.08 Å². The van der Waals surface area contributed by atoms with Crippen LogP contribution in [0.1, 0.15) is 303 Å². The molecule has 0 aliphatic carbocycles. The fourth-order valence-corrected chi connectivity index (χ4v) is 9.92. The molecule has 1 rings (SSSR count). The lowest BCUT2D eigenvalue weighted by atomic mass is 9.99. The van der Waals surface area contributed by atoms with Crippen LogP contribution >= 0.6 is 0 Å². The highest BCUT2D eigenvalue weighted by molar-refractivity contribution is 5.76. The molecular weight excluding hydrogens is 875 g/mol. The Morgan fingerprint density at radius 2 is 0.800 bits per heavy atom. The zero-order valence-corrected chi connectivity index (χ0v) is 46.0. The number of unbranched alkanes of at least 4 members (excludes halogenated alkanes) is 41.